The molecule has 0 heterocycles. The molecule has 0 aromatic heterocycles. The Bertz CT molecular complexity index is 272. The summed E-state index contributed by atoms with van der Waals surface area (Å²) in [6.07, 6.45) is 10.2. The van der Waals surface area contributed by atoms with Crippen LogP contribution in [-0.4, -0.2) is 30.4 Å². The summed E-state index contributed by atoms with van der Waals surface area (Å²) in [4.78, 5) is 14.3. The van der Waals surface area contributed by atoms with E-state index < -0.39 is 0 Å². The molecule has 1 fully saturated rings. The van der Waals surface area contributed by atoms with Crippen LogP contribution in [-0.2, 0) is 4.79 Å². The van der Waals surface area contributed by atoms with Gasteiger partial charge in [-0.3, -0.25) is 4.79 Å². The average molecular weight is 282 g/mol. The highest BCUT2D eigenvalue weighted by Crippen LogP contribution is 2.29. The molecule has 2 N–H and O–H groups in total. The van der Waals surface area contributed by atoms with Crippen LogP contribution in [0.25, 0.3) is 0 Å². The molecule has 0 spiro atoms. The first-order valence-corrected chi connectivity index (χ1v) is 8.58. The fourth-order valence-electron chi connectivity index (χ4n) is 3.44. The van der Waals surface area contributed by atoms with Gasteiger partial charge in [0, 0.05) is 19.5 Å². The molecular formula is C17H34N2O. The minimum Gasteiger partial charge on any atom is -0.343 e. The predicted molar refractivity (Wildman–Crippen MR) is 85.5 cm³/mol. The average Bonchev–Trinajstić information content (AvgIpc) is 2.50. The predicted octanol–water partition coefficient (Wildman–Crippen LogP) is 3.57. The molecular weight excluding hydrogens is 248 g/mol. The van der Waals surface area contributed by atoms with E-state index in [-0.39, 0.29) is 0 Å². The molecule has 118 valence electrons. The molecule has 0 aromatic rings. The van der Waals surface area contributed by atoms with Crippen LogP contribution in [0.3, 0.4) is 0 Å². The van der Waals surface area contributed by atoms with Crippen LogP contribution in [0.1, 0.15) is 71.6 Å². The maximum atomic E-state index is 12.3. The summed E-state index contributed by atoms with van der Waals surface area (Å²) in [5.41, 5.74) is 5.62. The summed E-state index contributed by atoms with van der Waals surface area (Å²) >= 11 is 0. The third-order valence-corrected chi connectivity index (χ3v) is 5.25. The summed E-state index contributed by atoms with van der Waals surface area (Å²) in [5.74, 6) is 1.84. The van der Waals surface area contributed by atoms with Crippen LogP contribution >= 0.6 is 0 Å². The summed E-state index contributed by atoms with van der Waals surface area (Å²) in [5, 5.41) is 0. The van der Waals surface area contributed by atoms with Gasteiger partial charge in [0.15, 0.2) is 0 Å². The molecule has 20 heavy (non-hydrogen) atoms. The van der Waals surface area contributed by atoms with Crippen LogP contribution in [0.5, 0.6) is 0 Å². The fraction of sp³-hybridized carbons (Fsp3) is 0.941. The molecule has 0 radical (unpaired) electrons. The van der Waals surface area contributed by atoms with E-state index in [1.165, 1.54) is 32.1 Å². The van der Waals surface area contributed by atoms with Crippen molar-refractivity contribution in [2.75, 3.05) is 13.6 Å². The Morgan fingerprint density at radius 1 is 1.20 bits per heavy atom. The lowest BCUT2D eigenvalue weighted by Crippen LogP contribution is -2.39. The van der Waals surface area contributed by atoms with Crippen molar-refractivity contribution in [3.05, 3.63) is 0 Å². The van der Waals surface area contributed by atoms with Crippen molar-refractivity contribution in [3.8, 4) is 0 Å². The molecule has 1 unspecified atom stereocenters. The smallest absolute Gasteiger partial charge is 0.222 e. The van der Waals surface area contributed by atoms with Crippen molar-refractivity contribution < 1.29 is 4.79 Å². The number of hydrogen-bond donors (Lipinski definition) is 1. The third kappa shape index (κ3) is 5.43. The van der Waals surface area contributed by atoms with Gasteiger partial charge in [-0.1, -0.05) is 26.7 Å². The molecule has 1 aliphatic carbocycles. The SMILES string of the molecule is CCC(CCN)CCC(=O)N(C)C1CCC(CC)CC1. The zero-order valence-electron chi connectivity index (χ0n) is 13.7. The van der Waals surface area contributed by atoms with Gasteiger partial charge in [-0.15, -0.1) is 0 Å². The Balaban J connectivity index is 2.32. The Morgan fingerprint density at radius 3 is 2.35 bits per heavy atom. The second-order valence-corrected chi connectivity index (χ2v) is 6.48. The van der Waals surface area contributed by atoms with Gasteiger partial charge in [-0.25, -0.2) is 0 Å². The first kappa shape index (κ1) is 17.5. The van der Waals surface area contributed by atoms with Crippen molar-refractivity contribution in [3.63, 3.8) is 0 Å². The van der Waals surface area contributed by atoms with Gasteiger partial charge in [0.05, 0.1) is 0 Å². The number of nitrogens with two attached hydrogens (primary N) is 1. The summed E-state index contributed by atoms with van der Waals surface area (Å²) < 4.78 is 0. The van der Waals surface area contributed by atoms with E-state index in [0.29, 0.717) is 24.3 Å². The summed E-state index contributed by atoms with van der Waals surface area (Å²) in [6, 6.07) is 0.486. The molecule has 3 heteroatoms. The van der Waals surface area contributed by atoms with Crippen LogP contribution in [0, 0.1) is 11.8 Å². The molecule has 0 aliphatic heterocycles. The lowest BCUT2D eigenvalue weighted by Gasteiger charge is -2.34. The van der Waals surface area contributed by atoms with Crippen molar-refractivity contribution in [1.29, 1.82) is 0 Å². The first-order chi connectivity index (χ1) is 9.62. The zero-order valence-corrected chi connectivity index (χ0v) is 13.7. The molecule has 3 nitrogen and oxygen atoms in total. The summed E-state index contributed by atoms with van der Waals surface area (Å²) in [7, 11) is 2.00. The molecule has 1 saturated carbocycles. The normalized spacial score (nSPS) is 24.4. The zero-order chi connectivity index (χ0) is 15.0. The highest BCUT2D eigenvalue weighted by Gasteiger charge is 2.25. The number of carbonyl (C=O) groups excluding carboxylic acids is 1. The number of amides is 1. The van der Waals surface area contributed by atoms with E-state index in [1.807, 2.05) is 11.9 Å². The van der Waals surface area contributed by atoms with Crippen molar-refractivity contribution in [2.24, 2.45) is 17.6 Å². The first-order valence-electron chi connectivity index (χ1n) is 8.58. The maximum Gasteiger partial charge on any atom is 0.222 e. The maximum absolute atomic E-state index is 12.3. The topological polar surface area (TPSA) is 46.3 Å². The number of nitrogens with zero attached hydrogens (tertiary/aromatic N) is 1. The van der Waals surface area contributed by atoms with Gasteiger partial charge < -0.3 is 10.6 Å². The van der Waals surface area contributed by atoms with Crippen molar-refractivity contribution in [2.45, 2.75) is 77.7 Å². The van der Waals surface area contributed by atoms with Gasteiger partial charge >= 0.3 is 0 Å². The van der Waals surface area contributed by atoms with Gasteiger partial charge in [0.25, 0.3) is 0 Å². The van der Waals surface area contributed by atoms with Crippen molar-refractivity contribution >= 4 is 5.91 Å². The van der Waals surface area contributed by atoms with Gasteiger partial charge in [-0.2, -0.15) is 0 Å². The Kier molecular flexibility index (Phi) is 8.20. The Labute approximate surface area is 125 Å². The second-order valence-electron chi connectivity index (χ2n) is 6.48. The van der Waals surface area contributed by atoms with E-state index in [4.69, 9.17) is 5.73 Å². The van der Waals surface area contributed by atoms with Crippen LogP contribution in [0.15, 0.2) is 0 Å². The summed E-state index contributed by atoms with van der Waals surface area (Å²) in [6.45, 7) is 5.21. The molecule has 1 rings (SSSR count). The number of rotatable bonds is 8. The van der Waals surface area contributed by atoms with Gasteiger partial charge in [0.2, 0.25) is 5.91 Å². The monoisotopic (exact) mass is 282 g/mol. The molecule has 1 atom stereocenters. The number of carbonyl (C=O) groups is 1. The molecule has 0 saturated heterocycles. The largest absolute Gasteiger partial charge is 0.343 e. The molecule has 0 aromatic carbocycles. The van der Waals surface area contributed by atoms with E-state index in [2.05, 4.69) is 13.8 Å². The molecule has 1 aliphatic rings. The Hall–Kier alpha value is -0.570. The lowest BCUT2D eigenvalue weighted by atomic mass is 9.84. The molecule has 0 bridgehead atoms. The highest BCUT2D eigenvalue weighted by molar-refractivity contribution is 5.76. The molecule has 1 amide bonds. The third-order valence-electron chi connectivity index (χ3n) is 5.25. The minimum absolute atomic E-state index is 0.334. The quantitative estimate of drug-likeness (QED) is 0.740. The number of hydrogen-bond acceptors (Lipinski definition) is 2. The van der Waals surface area contributed by atoms with Crippen molar-refractivity contribution in [1.82, 2.24) is 4.90 Å². The lowest BCUT2D eigenvalue weighted by molar-refractivity contribution is -0.133. The van der Waals surface area contributed by atoms with Crippen LogP contribution in [0.2, 0.25) is 0 Å². The fourth-order valence-corrected chi connectivity index (χ4v) is 3.44. The van der Waals surface area contributed by atoms with E-state index in [0.717, 1.165) is 31.7 Å². The van der Waals surface area contributed by atoms with Gasteiger partial charge in [0.1, 0.15) is 0 Å². The Morgan fingerprint density at radius 2 is 1.85 bits per heavy atom. The van der Waals surface area contributed by atoms with E-state index in [9.17, 15) is 4.79 Å². The van der Waals surface area contributed by atoms with Crippen LogP contribution < -0.4 is 5.73 Å². The van der Waals surface area contributed by atoms with Crippen LogP contribution in [0.4, 0.5) is 0 Å². The second kappa shape index (κ2) is 9.38. The van der Waals surface area contributed by atoms with E-state index in [1.54, 1.807) is 0 Å². The van der Waals surface area contributed by atoms with E-state index >= 15 is 0 Å². The van der Waals surface area contributed by atoms with Gasteiger partial charge in [-0.05, 0) is 56.9 Å². The highest BCUT2D eigenvalue weighted by atomic mass is 16.2. The standard InChI is InChI=1S/C17H34N2O/c1-4-14-6-9-16(10-7-14)19(3)17(20)11-8-15(5-2)12-13-18/h14-16H,4-13,18H2,1-3H3. The minimum atomic E-state index is 0.334.